The number of aromatic nitrogens is 1. The van der Waals surface area contributed by atoms with Crippen molar-refractivity contribution in [2.45, 2.75) is 18.9 Å². The number of hydrogen-bond acceptors (Lipinski definition) is 5. The van der Waals surface area contributed by atoms with Crippen molar-refractivity contribution < 1.29 is 18.7 Å². The second-order valence-electron chi connectivity index (χ2n) is 7.92. The highest BCUT2D eigenvalue weighted by atomic mass is 16.5. The molecule has 1 saturated heterocycles. The maximum absolute atomic E-state index is 13.7. The van der Waals surface area contributed by atoms with Crippen molar-refractivity contribution in [2.24, 2.45) is 0 Å². The SMILES string of the molecule is COc1ccc(NC(=O)C2CCCN2C(=O)c2cc(-c3ccco3)nc3ccccc23)cc1. The second kappa shape index (κ2) is 8.78. The van der Waals surface area contributed by atoms with E-state index >= 15 is 0 Å². The number of methoxy groups -OCH3 is 1. The number of likely N-dealkylation sites (tertiary alicyclic amines) is 1. The molecule has 1 N–H and O–H groups in total. The number of amides is 2. The van der Waals surface area contributed by atoms with Gasteiger partial charge in [-0.25, -0.2) is 4.98 Å². The Morgan fingerprint density at radius 2 is 1.91 bits per heavy atom. The van der Waals surface area contributed by atoms with Gasteiger partial charge in [-0.15, -0.1) is 0 Å². The van der Waals surface area contributed by atoms with Gasteiger partial charge in [0.1, 0.15) is 17.5 Å². The summed E-state index contributed by atoms with van der Waals surface area (Å²) in [6.07, 6.45) is 2.95. The summed E-state index contributed by atoms with van der Waals surface area (Å²) in [6.45, 7) is 0.520. The third-order valence-electron chi connectivity index (χ3n) is 5.89. The number of carbonyl (C=O) groups excluding carboxylic acids is 2. The first-order chi connectivity index (χ1) is 16.1. The molecule has 7 nitrogen and oxygen atoms in total. The van der Waals surface area contributed by atoms with Crippen molar-refractivity contribution in [3.05, 3.63) is 78.6 Å². The van der Waals surface area contributed by atoms with Crippen LogP contribution in [-0.4, -0.2) is 41.4 Å². The highest BCUT2D eigenvalue weighted by Gasteiger charge is 2.35. The molecule has 4 aromatic rings. The maximum Gasteiger partial charge on any atom is 0.255 e. The van der Waals surface area contributed by atoms with Crippen molar-refractivity contribution in [3.63, 3.8) is 0 Å². The highest BCUT2D eigenvalue weighted by Crippen LogP contribution is 2.29. The highest BCUT2D eigenvalue weighted by molar-refractivity contribution is 6.09. The van der Waals surface area contributed by atoms with Crippen LogP contribution in [0.5, 0.6) is 5.75 Å². The van der Waals surface area contributed by atoms with E-state index in [0.29, 0.717) is 46.9 Å². The lowest BCUT2D eigenvalue weighted by atomic mass is 10.0. The summed E-state index contributed by atoms with van der Waals surface area (Å²) in [4.78, 5) is 33.1. The number of nitrogens with one attached hydrogen (secondary N) is 1. The lowest BCUT2D eigenvalue weighted by Crippen LogP contribution is -2.43. The van der Waals surface area contributed by atoms with E-state index in [0.717, 1.165) is 11.8 Å². The van der Waals surface area contributed by atoms with Gasteiger partial charge < -0.3 is 19.4 Å². The Labute approximate surface area is 191 Å². The zero-order valence-electron chi connectivity index (χ0n) is 18.2. The number of pyridine rings is 1. The molecule has 0 radical (unpaired) electrons. The van der Waals surface area contributed by atoms with Crippen LogP contribution in [0, 0.1) is 0 Å². The Morgan fingerprint density at radius 1 is 1.09 bits per heavy atom. The van der Waals surface area contributed by atoms with Crippen LogP contribution in [0.1, 0.15) is 23.2 Å². The van der Waals surface area contributed by atoms with Crippen LogP contribution >= 0.6 is 0 Å². The molecule has 1 fully saturated rings. The molecule has 2 amide bonds. The van der Waals surface area contributed by atoms with Crippen molar-refractivity contribution in [1.82, 2.24) is 9.88 Å². The first-order valence-electron chi connectivity index (χ1n) is 10.8. The van der Waals surface area contributed by atoms with Gasteiger partial charge >= 0.3 is 0 Å². The van der Waals surface area contributed by atoms with Crippen LogP contribution in [0.2, 0.25) is 0 Å². The Bertz CT molecular complexity index is 1300. The summed E-state index contributed by atoms with van der Waals surface area (Å²) in [5, 5.41) is 3.68. The molecule has 7 heteroatoms. The van der Waals surface area contributed by atoms with Gasteiger partial charge in [0.15, 0.2) is 5.76 Å². The maximum atomic E-state index is 13.7. The molecule has 3 heterocycles. The minimum Gasteiger partial charge on any atom is -0.497 e. The summed E-state index contributed by atoms with van der Waals surface area (Å²) in [5.41, 5.74) is 2.46. The van der Waals surface area contributed by atoms with Gasteiger partial charge in [-0.1, -0.05) is 18.2 Å². The summed E-state index contributed by atoms with van der Waals surface area (Å²) in [7, 11) is 1.59. The van der Waals surface area contributed by atoms with E-state index in [1.54, 1.807) is 54.7 Å². The molecule has 2 aromatic carbocycles. The summed E-state index contributed by atoms with van der Waals surface area (Å²) in [5.74, 6) is 0.914. The number of benzene rings is 2. The topological polar surface area (TPSA) is 84.7 Å². The van der Waals surface area contributed by atoms with E-state index < -0.39 is 6.04 Å². The van der Waals surface area contributed by atoms with Gasteiger partial charge in [-0.2, -0.15) is 0 Å². The molecule has 0 aliphatic carbocycles. The fraction of sp³-hybridized carbons (Fsp3) is 0.192. The van der Waals surface area contributed by atoms with Crippen molar-refractivity contribution in [2.75, 3.05) is 19.0 Å². The molecule has 1 atom stereocenters. The normalized spacial score (nSPS) is 15.5. The molecule has 166 valence electrons. The lowest BCUT2D eigenvalue weighted by molar-refractivity contribution is -0.119. The molecule has 33 heavy (non-hydrogen) atoms. The number of furan rings is 1. The standard InChI is InChI=1S/C26H23N3O4/c1-32-18-12-10-17(11-13-18)27-25(30)23-8-4-14-29(23)26(31)20-16-22(24-9-5-15-33-24)28-21-7-3-2-6-19(20)21/h2-3,5-7,9-13,15-16,23H,4,8,14H2,1H3,(H,27,30). The average Bonchev–Trinajstić information content (AvgIpc) is 3.56. The van der Waals surface area contributed by atoms with Crippen LogP contribution in [0.4, 0.5) is 5.69 Å². The van der Waals surface area contributed by atoms with Crippen molar-refractivity contribution in [3.8, 4) is 17.2 Å². The largest absolute Gasteiger partial charge is 0.497 e. The zero-order chi connectivity index (χ0) is 22.8. The molecule has 2 aromatic heterocycles. The van der Waals surface area contributed by atoms with Crippen molar-refractivity contribution >= 4 is 28.4 Å². The minimum absolute atomic E-state index is 0.186. The van der Waals surface area contributed by atoms with E-state index in [-0.39, 0.29) is 11.8 Å². The zero-order valence-corrected chi connectivity index (χ0v) is 18.2. The quantitative estimate of drug-likeness (QED) is 0.483. The number of para-hydroxylation sites is 1. The summed E-state index contributed by atoms with van der Waals surface area (Å²) < 4.78 is 10.7. The van der Waals surface area contributed by atoms with Crippen LogP contribution in [0.25, 0.3) is 22.4 Å². The molecular formula is C26H23N3O4. The fourth-order valence-electron chi connectivity index (χ4n) is 4.24. The number of nitrogens with zero attached hydrogens (tertiary/aromatic N) is 2. The van der Waals surface area contributed by atoms with Crippen LogP contribution in [0.3, 0.4) is 0 Å². The van der Waals surface area contributed by atoms with Gasteiger partial charge in [-0.3, -0.25) is 9.59 Å². The fourth-order valence-corrected chi connectivity index (χ4v) is 4.24. The Kier molecular flexibility index (Phi) is 5.52. The lowest BCUT2D eigenvalue weighted by Gasteiger charge is -2.25. The molecule has 0 saturated carbocycles. The smallest absolute Gasteiger partial charge is 0.255 e. The molecule has 0 bridgehead atoms. The Morgan fingerprint density at radius 3 is 2.67 bits per heavy atom. The number of fused-ring (bicyclic) bond motifs is 1. The molecule has 1 aliphatic heterocycles. The van der Waals surface area contributed by atoms with E-state index in [9.17, 15) is 9.59 Å². The van der Waals surface area contributed by atoms with E-state index in [1.807, 2.05) is 30.3 Å². The first kappa shape index (κ1) is 20.8. The van der Waals surface area contributed by atoms with Crippen LogP contribution in [0.15, 0.2) is 77.4 Å². The predicted molar refractivity (Wildman–Crippen MR) is 125 cm³/mol. The van der Waals surface area contributed by atoms with Gasteiger partial charge in [0.25, 0.3) is 5.91 Å². The van der Waals surface area contributed by atoms with Gasteiger partial charge in [0.05, 0.1) is 24.5 Å². The molecule has 0 spiro atoms. The van der Waals surface area contributed by atoms with E-state index in [1.165, 1.54) is 0 Å². The summed E-state index contributed by atoms with van der Waals surface area (Å²) >= 11 is 0. The van der Waals surface area contributed by atoms with Crippen LogP contribution < -0.4 is 10.1 Å². The third-order valence-corrected chi connectivity index (χ3v) is 5.89. The first-order valence-corrected chi connectivity index (χ1v) is 10.8. The van der Waals surface area contributed by atoms with Crippen LogP contribution in [-0.2, 0) is 4.79 Å². The number of hydrogen-bond donors (Lipinski definition) is 1. The molecule has 1 aliphatic rings. The van der Waals surface area contributed by atoms with Crippen molar-refractivity contribution in [1.29, 1.82) is 0 Å². The number of carbonyl (C=O) groups is 2. The third kappa shape index (κ3) is 4.05. The van der Waals surface area contributed by atoms with Gasteiger partial charge in [0, 0.05) is 17.6 Å². The number of ether oxygens (including phenoxy) is 1. The molecular weight excluding hydrogens is 418 g/mol. The van der Waals surface area contributed by atoms with E-state index in [4.69, 9.17) is 9.15 Å². The second-order valence-corrected chi connectivity index (χ2v) is 7.92. The number of anilines is 1. The summed E-state index contributed by atoms with van der Waals surface area (Å²) in [6, 6.07) is 19.5. The van der Waals surface area contributed by atoms with Gasteiger partial charge in [-0.05, 0) is 61.4 Å². The monoisotopic (exact) mass is 441 g/mol. The van der Waals surface area contributed by atoms with Gasteiger partial charge in [0.2, 0.25) is 5.91 Å². The Balaban J connectivity index is 1.45. The average molecular weight is 441 g/mol. The van der Waals surface area contributed by atoms with E-state index in [2.05, 4.69) is 10.3 Å². The minimum atomic E-state index is -0.543. The number of rotatable bonds is 5. The Hall–Kier alpha value is -4.13. The molecule has 5 rings (SSSR count). The molecule has 1 unspecified atom stereocenters. The predicted octanol–water partition coefficient (Wildman–Crippen LogP) is 4.75.